The summed E-state index contributed by atoms with van der Waals surface area (Å²) in [4.78, 5) is 21.8. The van der Waals surface area contributed by atoms with Crippen LogP contribution in [0.25, 0.3) is 0 Å². The van der Waals surface area contributed by atoms with Crippen LogP contribution in [0.2, 0.25) is 0 Å². The van der Waals surface area contributed by atoms with Crippen molar-refractivity contribution < 1.29 is 46.1 Å². The second kappa shape index (κ2) is 25.5. The third-order valence-corrected chi connectivity index (χ3v) is 8.06. The number of aryl methyl sites for hydroxylation is 3. The first-order chi connectivity index (χ1) is 25.9. The van der Waals surface area contributed by atoms with Crippen molar-refractivity contribution in [3.63, 3.8) is 0 Å². The Balaban J connectivity index is 0.000000485. The number of rotatable bonds is 20. The Morgan fingerprint density at radius 3 is 1.31 bits per heavy atom. The van der Waals surface area contributed by atoms with E-state index in [0.29, 0.717) is 24.4 Å². The van der Waals surface area contributed by atoms with Crippen molar-refractivity contribution in [3.8, 4) is 11.5 Å². The average molecular weight is 773 g/mol. The van der Waals surface area contributed by atoms with Crippen molar-refractivity contribution in [1.82, 2.24) is 0 Å². The lowest BCUT2D eigenvalue weighted by Gasteiger charge is -2.21. The highest BCUT2D eigenvalue weighted by molar-refractivity contribution is 5.87. The molecule has 10 heteroatoms. The van der Waals surface area contributed by atoms with E-state index in [0.717, 1.165) is 36.8 Å². The predicted molar refractivity (Wildman–Crippen MR) is 212 cm³/mol. The van der Waals surface area contributed by atoms with Crippen LogP contribution in [0.4, 0.5) is 17.6 Å². The molecule has 0 aromatic heterocycles. The summed E-state index contributed by atoms with van der Waals surface area (Å²) in [5.41, 5.74) is 2.30. The number of benzene rings is 3. The van der Waals surface area contributed by atoms with Gasteiger partial charge >= 0.3 is 24.2 Å². The molecular weight excluding hydrogens is 712 g/mol. The van der Waals surface area contributed by atoms with E-state index in [1.54, 1.807) is 52.0 Å². The van der Waals surface area contributed by atoms with Crippen LogP contribution in [0.5, 0.6) is 11.5 Å². The van der Waals surface area contributed by atoms with Crippen molar-refractivity contribution in [1.29, 1.82) is 0 Å². The highest BCUT2D eigenvalue weighted by Crippen LogP contribution is 2.37. The van der Waals surface area contributed by atoms with Gasteiger partial charge in [0.2, 0.25) is 0 Å². The standard InChI is InChI=1S/C23H20F4O2.2C11H20O2/c1-15-4-8-18(9-5-15)22(24,25)28-20-12-13-21(17(3)14-20)29-23(26,27)19-10-6-16(2)7-11-19;2*1-4-5-6-7-8-9-13-11(12)10(2)3/h4-14H,1-3H3;2*2,4-9H2,1,3H3. The molecule has 0 atom stereocenters. The molecule has 0 saturated carbocycles. The van der Waals surface area contributed by atoms with Crippen LogP contribution in [0, 0.1) is 20.8 Å². The summed E-state index contributed by atoms with van der Waals surface area (Å²) in [6.45, 7) is 20.8. The number of carbonyl (C=O) groups excluding carboxylic acids is 2. The van der Waals surface area contributed by atoms with Gasteiger partial charge in [-0.05, 0) is 95.5 Å². The van der Waals surface area contributed by atoms with Gasteiger partial charge in [-0.3, -0.25) is 0 Å². The van der Waals surface area contributed by atoms with E-state index in [9.17, 15) is 27.2 Å². The Hall–Kier alpha value is -4.60. The Morgan fingerprint density at radius 2 is 0.945 bits per heavy atom. The molecule has 0 heterocycles. The molecule has 0 bridgehead atoms. The second-order valence-corrected chi connectivity index (χ2v) is 13.6. The lowest BCUT2D eigenvalue weighted by molar-refractivity contribution is -0.188. The molecule has 0 amide bonds. The van der Waals surface area contributed by atoms with Crippen LogP contribution < -0.4 is 9.47 Å². The summed E-state index contributed by atoms with van der Waals surface area (Å²) >= 11 is 0. The van der Waals surface area contributed by atoms with Crippen LogP contribution in [0.15, 0.2) is 91.0 Å². The van der Waals surface area contributed by atoms with Gasteiger partial charge in [0.1, 0.15) is 11.5 Å². The first-order valence-corrected chi connectivity index (χ1v) is 19.0. The fraction of sp³-hybridized carbons (Fsp3) is 0.467. The molecule has 0 spiro atoms. The van der Waals surface area contributed by atoms with E-state index >= 15 is 0 Å². The number of ether oxygens (including phenoxy) is 4. The van der Waals surface area contributed by atoms with Crippen LogP contribution in [-0.4, -0.2) is 25.2 Å². The zero-order chi connectivity index (χ0) is 41.4. The highest BCUT2D eigenvalue weighted by atomic mass is 19.3. The molecule has 0 fully saturated rings. The Morgan fingerprint density at radius 1 is 0.564 bits per heavy atom. The van der Waals surface area contributed by atoms with Crippen LogP contribution in [0.1, 0.15) is 120 Å². The molecule has 0 radical (unpaired) electrons. The van der Waals surface area contributed by atoms with Crippen molar-refractivity contribution >= 4 is 11.9 Å². The molecule has 0 aliphatic carbocycles. The maximum atomic E-state index is 14.4. The van der Waals surface area contributed by atoms with Gasteiger partial charge < -0.3 is 18.9 Å². The quantitative estimate of drug-likeness (QED) is 0.0493. The topological polar surface area (TPSA) is 71.1 Å². The molecule has 0 unspecified atom stereocenters. The molecule has 0 saturated heterocycles. The summed E-state index contributed by atoms with van der Waals surface area (Å²) in [7, 11) is 0. The zero-order valence-electron chi connectivity index (χ0n) is 33.7. The number of alkyl halides is 4. The molecule has 3 rings (SSSR count). The van der Waals surface area contributed by atoms with Gasteiger partial charge in [0, 0.05) is 11.1 Å². The Bertz CT molecular complexity index is 1560. The summed E-state index contributed by atoms with van der Waals surface area (Å²) in [5.74, 6) is -0.813. The maximum absolute atomic E-state index is 14.4. The lowest BCUT2D eigenvalue weighted by atomic mass is 10.1. The smallest absolute Gasteiger partial charge is 0.426 e. The Kier molecular flexibility index (Phi) is 22.4. The summed E-state index contributed by atoms with van der Waals surface area (Å²) in [5, 5.41) is 0. The van der Waals surface area contributed by atoms with Gasteiger partial charge in [-0.25, -0.2) is 9.59 Å². The third-order valence-electron chi connectivity index (χ3n) is 8.06. The third kappa shape index (κ3) is 20.1. The van der Waals surface area contributed by atoms with Crippen LogP contribution in [0.3, 0.4) is 0 Å². The van der Waals surface area contributed by atoms with E-state index in [-0.39, 0.29) is 40.1 Å². The highest BCUT2D eigenvalue weighted by Gasteiger charge is 2.36. The molecule has 3 aromatic carbocycles. The normalized spacial score (nSPS) is 10.9. The minimum atomic E-state index is -3.56. The first kappa shape index (κ1) is 48.4. The first-order valence-electron chi connectivity index (χ1n) is 19.0. The molecule has 55 heavy (non-hydrogen) atoms. The van der Waals surface area contributed by atoms with Crippen LogP contribution in [-0.2, 0) is 31.3 Å². The minimum absolute atomic E-state index is 0.124. The fourth-order valence-corrected chi connectivity index (χ4v) is 4.69. The van der Waals surface area contributed by atoms with E-state index in [2.05, 4.69) is 27.0 Å². The van der Waals surface area contributed by atoms with E-state index < -0.39 is 12.2 Å². The van der Waals surface area contributed by atoms with Crippen molar-refractivity contribution in [2.45, 2.75) is 125 Å². The Labute approximate surface area is 325 Å². The maximum Gasteiger partial charge on any atom is 0.426 e. The largest absolute Gasteiger partial charge is 0.462 e. The number of carbonyl (C=O) groups is 2. The van der Waals surface area contributed by atoms with Crippen molar-refractivity contribution in [2.24, 2.45) is 0 Å². The monoisotopic (exact) mass is 772 g/mol. The van der Waals surface area contributed by atoms with Gasteiger partial charge in [0.25, 0.3) is 0 Å². The van der Waals surface area contributed by atoms with Crippen molar-refractivity contribution in [2.75, 3.05) is 13.2 Å². The molecule has 0 aliphatic rings. The molecule has 0 N–H and O–H groups in total. The SMILES string of the molecule is C=C(C)C(=O)OCCCCCCC.C=C(C)C(=O)OCCCCCCC.Cc1ccc(C(F)(F)Oc2ccc(OC(F)(F)c3ccc(C)cc3)c(C)c2)cc1. The molecule has 6 nitrogen and oxygen atoms in total. The van der Waals surface area contributed by atoms with Gasteiger partial charge in [-0.15, -0.1) is 0 Å². The van der Waals surface area contributed by atoms with Gasteiger partial charge in [0.15, 0.2) is 0 Å². The lowest BCUT2D eigenvalue weighted by Crippen LogP contribution is -2.23. The summed E-state index contributed by atoms with van der Waals surface area (Å²) < 4.78 is 77.1. The number of halogens is 4. The summed E-state index contributed by atoms with van der Waals surface area (Å²) in [6, 6.07) is 15.0. The molecule has 3 aromatic rings. The van der Waals surface area contributed by atoms with Crippen LogP contribution >= 0.6 is 0 Å². The van der Waals surface area contributed by atoms with E-state index in [4.69, 9.17) is 18.9 Å². The predicted octanol–water partition coefficient (Wildman–Crippen LogP) is 13.0. The van der Waals surface area contributed by atoms with Gasteiger partial charge in [-0.2, -0.15) is 17.6 Å². The van der Waals surface area contributed by atoms with Crippen molar-refractivity contribution in [3.05, 3.63) is 119 Å². The molecule has 304 valence electrons. The number of unbranched alkanes of at least 4 members (excludes halogenated alkanes) is 8. The molecule has 0 aliphatic heterocycles. The minimum Gasteiger partial charge on any atom is -0.462 e. The molecular formula is C45H60F4O6. The van der Waals surface area contributed by atoms with E-state index in [1.807, 2.05) is 0 Å². The van der Waals surface area contributed by atoms with Gasteiger partial charge in [0.05, 0.1) is 24.3 Å². The van der Waals surface area contributed by atoms with E-state index in [1.165, 1.54) is 87.9 Å². The number of hydrogen-bond acceptors (Lipinski definition) is 6. The number of hydrogen-bond donors (Lipinski definition) is 0. The van der Waals surface area contributed by atoms with Gasteiger partial charge in [-0.1, -0.05) is 114 Å². The number of esters is 2. The second-order valence-electron chi connectivity index (χ2n) is 13.6. The fourth-order valence-electron chi connectivity index (χ4n) is 4.69. The summed E-state index contributed by atoms with van der Waals surface area (Å²) in [6.07, 6.45) is 4.62. The zero-order valence-corrected chi connectivity index (χ0v) is 33.7. The average Bonchev–Trinajstić information content (AvgIpc) is 3.13.